The zero-order valence-corrected chi connectivity index (χ0v) is 61.6. The topological polar surface area (TPSA) is 237 Å². The molecule has 0 amide bonds. The highest BCUT2D eigenvalue weighted by atomic mass is 31.2. The standard InChI is InChI=1S/C73H142O17P2/c1-7-9-11-13-15-16-17-18-19-23-26-29-32-38-44-50-56-71(76)84-62-69(89-72(77)57-51-45-39-33-30-27-24-21-20-22-25-28-31-36-41-47-53-65(3)4)64-88-92(81,82)86-60-67(74)59-85-91(79,80)87-63-68(61-83-70(75)55-49-43-35-14-12-10-8-2)90-73(78)58-52-46-40-34-37-42-48-54-66(5)6/h65-69,74H,7-64H2,1-6H3,(H,79,80)(H,81,82)/t67-,68+,69+/m0/s1. The van der Waals surface area contributed by atoms with Gasteiger partial charge in [-0.2, -0.15) is 0 Å². The van der Waals surface area contributed by atoms with Crippen molar-refractivity contribution in [3.63, 3.8) is 0 Å². The van der Waals surface area contributed by atoms with Crippen LogP contribution in [-0.4, -0.2) is 96.7 Å². The van der Waals surface area contributed by atoms with Gasteiger partial charge in [0.05, 0.1) is 26.4 Å². The third kappa shape index (κ3) is 66.7. The van der Waals surface area contributed by atoms with Gasteiger partial charge >= 0.3 is 39.5 Å². The lowest BCUT2D eigenvalue weighted by Gasteiger charge is -2.21. The summed E-state index contributed by atoms with van der Waals surface area (Å²) >= 11 is 0. The smallest absolute Gasteiger partial charge is 0.462 e. The lowest BCUT2D eigenvalue weighted by atomic mass is 10.0. The predicted octanol–water partition coefficient (Wildman–Crippen LogP) is 21.2. The van der Waals surface area contributed by atoms with Gasteiger partial charge in [0.15, 0.2) is 12.2 Å². The molecular weight excluding hydrogens is 1210 g/mol. The molecule has 0 heterocycles. The zero-order valence-electron chi connectivity index (χ0n) is 59.9. The minimum atomic E-state index is -4.95. The van der Waals surface area contributed by atoms with Gasteiger partial charge in [0.1, 0.15) is 19.3 Å². The summed E-state index contributed by atoms with van der Waals surface area (Å²) in [7, 11) is -9.90. The second-order valence-electron chi connectivity index (χ2n) is 27.3. The molecule has 0 fully saturated rings. The summed E-state index contributed by atoms with van der Waals surface area (Å²) in [5.41, 5.74) is 0. The summed E-state index contributed by atoms with van der Waals surface area (Å²) in [6.07, 6.45) is 51.6. The largest absolute Gasteiger partial charge is 0.472 e. The van der Waals surface area contributed by atoms with Crippen molar-refractivity contribution in [2.45, 2.75) is 394 Å². The normalized spacial score (nSPS) is 14.1. The van der Waals surface area contributed by atoms with E-state index in [0.717, 1.165) is 109 Å². The van der Waals surface area contributed by atoms with E-state index in [9.17, 15) is 43.2 Å². The second-order valence-corrected chi connectivity index (χ2v) is 30.2. The van der Waals surface area contributed by atoms with Crippen LogP contribution in [0, 0.1) is 11.8 Å². The Balaban J connectivity index is 5.18. The molecule has 5 atom stereocenters. The van der Waals surface area contributed by atoms with Crippen molar-refractivity contribution in [3.8, 4) is 0 Å². The number of rotatable bonds is 72. The molecule has 0 aromatic rings. The van der Waals surface area contributed by atoms with E-state index in [1.165, 1.54) is 180 Å². The highest BCUT2D eigenvalue weighted by Crippen LogP contribution is 2.45. The molecule has 0 aliphatic heterocycles. The Kier molecular flexibility index (Phi) is 63.7. The van der Waals surface area contributed by atoms with Crippen LogP contribution in [0.4, 0.5) is 0 Å². The van der Waals surface area contributed by atoms with E-state index in [0.29, 0.717) is 31.6 Å². The van der Waals surface area contributed by atoms with Crippen LogP contribution in [0.25, 0.3) is 0 Å². The molecular formula is C73H142O17P2. The Bertz CT molecular complexity index is 1790. The van der Waals surface area contributed by atoms with E-state index in [4.69, 9.17) is 37.0 Å². The average Bonchev–Trinajstić information content (AvgIpc) is 3.72. The molecule has 17 nitrogen and oxygen atoms in total. The summed E-state index contributed by atoms with van der Waals surface area (Å²) in [4.78, 5) is 72.5. The number of unbranched alkanes of at least 4 members (excludes halogenated alkanes) is 42. The van der Waals surface area contributed by atoms with Crippen LogP contribution < -0.4 is 0 Å². The van der Waals surface area contributed by atoms with Gasteiger partial charge in [-0.05, 0) is 37.5 Å². The molecule has 0 radical (unpaired) electrons. The molecule has 546 valence electrons. The number of aliphatic hydroxyl groups is 1. The van der Waals surface area contributed by atoms with Crippen LogP contribution in [-0.2, 0) is 65.4 Å². The van der Waals surface area contributed by atoms with E-state index in [-0.39, 0.29) is 25.7 Å². The number of hydrogen-bond acceptors (Lipinski definition) is 15. The molecule has 92 heavy (non-hydrogen) atoms. The molecule has 0 aromatic carbocycles. The summed E-state index contributed by atoms with van der Waals surface area (Å²) in [6.45, 7) is 9.50. The fraction of sp³-hybridized carbons (Fsp3) is 0.945. The third-order valence-electron chi connectivity index (χ3n) is 17.0. The monoisotopic (exact) mass is 1350 g/mol. The van der Waals surface area contributed by atoms with Gasteiger partial charge in [0, 0.05) is 25.7 Å². The molecule has 3 N–H and O–H groups in total. The molecule has 0 saturated carbocycles. The Labute approximate surface area is 562 Å². The van der Waals surface area contributed by atoms with E-state index >= 15 is 0 Å². The minimum absolute atomic E-state index is 0.103. The van der Waals surface area contributed by atoms with Crippen LogP contribution in [0.3, 0.4) is 0 Å². The maximum Gasteiger partial charge on any atom is 0.472 e. The quantitative estimate of drug-likeness (QED) is 0.0222. The predicted molar refractivity (Wildman–Crippen MR) is 372 cm³/mol. The summed E-state index contributed by atoms with van der Waals surface area (Å²) in [6, 6.07) is 0. The molecule has 19 heteroatoms. The number of ether oxygens (including phenoxy) is 4. The number of aliphatic hydroxyl groups excluding tert-OH is 1. The van der Waals surface area contributed by atoms with Crippen molar-refractivity contribution in [2.75, 3.05) is 39.6 Å². The van der Waals surface area contributed by atoms with Crippen molar-refractivity contribution < 1.29 is 80.2 Å². The molecule has 0 aromatic heterocycles. The first-order valence-electron chi connectivity index (χ1n) is 38.0. The number of phosphoric ester groups is 2. The van der Waals surface area contributed by atoms with Crippen LogP contribution in [0.5, 0.6) is 0 Å². The number of esters is 4. The number of hydrogen-bond donors (Lipinski definition) is 3. The lowest BCUT2D eigenvalue weighted by molar-refractivity contribution is -0.161. The average molecular weight is 1350 g/mol. The van der Waals surface area contributed by atoms with Gasteiger partial charge in [-0.1, -0.05) is 324 Å². The SMILES string of the molecule is CCCCCCCCCCCCCCCCCCC(=O)OC[C@H](COP(=O)(O)OC[C@@H](O)COP(=O)(O)OC[C@@H](COC(=O)CCCCCCCCC)OC(=O)CCCCCCCCCC(C)C)OC(=O)CCCCCCCCCCCCCCCCCCC(C)C. The van der Waals surface area contributed by atoms with Crippen LogP contribution >= 0.6 is 15.6 Å². The van der Waals surface area contributed by atoms with E-state index in [1.54, 1.807) is 0 Å². The van der Waals surface area contributed by atoms with Gasteiger partial charge in [-0.3, -0.25) is 37.3 Å². The van der Waals surface area contributed by atoms with Gasteiger partial charge in [0.25, 0.3) is 0 Å². The van der Waals surface area contributed by atoms with Gasteiger partial charge in [0.2, 0.25) is 0 Å². The maximum absolute atomic E-state index is 13.1. The van der Waals surface area contributed by atoms with Crippen LogP contribution in [0.15, 0.2) is 0 Å². The fourth-order valence-electron chi connectivity index (χ4n) is 11.1. The number of phosphoric acid groups is 2. The summed E-state index contributed by atoms with van der Waals surface area (Å²) in [5, 5.41) is 10.6. The minimum Gasteiger partial charge on any atom is -0.462 e. The first-order chi connectivity index (χ1) is 44.4. The van der Waals surface area contributed by atoms with Crippen molar-refractivity contribution in [2.24, 2.45) is 11.8 Å². The number of carbonyl (C=O) groups excluding carboxylic acids is 4. The van der Waals surface area contributed by atoms with Crippen molar-refractivity contribution in [3.05, 3.63) is 0 Å². The van der Waals surface area contributed by atoms with Crippen LogP contribution in [0.2, 0.25) is 0 Å². The Morgan fingerprint density at radius 1 is 0.293 bits per heavy atom. The Morgan fingerprint density at radius 2 is 0.500 bits per heavy atom. The van der Waals surface area contributed by atoms with Gasteiger partial charge < -0.3 is 33.8 Å². The fourth-order valence-corrected chi connectivity index (χ4v) is 12.7. The molecule has 0 rings (SSSR count). The maximum atomic E-state index is 13.1. The summed E-state index contributed by atoms with van der Waals surface area (Å²) < 4.78 is 68.3. The molecule has 0 spiro atoms. The first kappa shape index (κ1) is 90.1. The Morgan fingerprint density at radius 3 is 0.739 bits per heavy atom. The molecule has 0 bridgehead atoms. The summed E-state index contributed by atoms with van der Waals surface area (Å²) in [5.74, 6) is -0.621. The lowest BCUT2D eigenvalue weighted by Crippen LogP contribution is -2.30. The third-order valence-corrected chi connectivity index (χ3v) is 18.9. The molecule has 2 unspecified atom stereocenters. The van der Waals surface area contributed by atoms with E-state index < -0.39 is 97.5 Å². The van der Waals surface area contributed by atoms with Crippen LogP contribution in [0.1, 0.15) is 375 Å². The van der Waals surface area contributed by atoms with Gasteiger partial charge in [-0.15, -0.1) is 0 Å². The zero-order chi connectivity index (χ0) is 67.9. The van der Waals surface area contributed by atoms with Crippen molar-refractivity contribution in [1.29, 1.82) is 0 Å². The van der Waals surface area contributed by atoms with E-state index in [2.05, 4.69) is 41.5 Å². The van der Waals surface area contributed by atoms with E-state index in [1.807, 2.05) is 0 Å². The first-order valence-corrected chi connectivity index (χ1v) is 41.0. The molecule has 0 saturated heterocycles. The molecule has 0 aliphatic carbocycles. The highest BCUT2D eigenvalue weighted by molar-refractivity contribution is 7.47. The van der Waals surface area contributed by atoms with Crippen molar-refractivity contribution >= 4 is 39.5 Å². The second kappa shape index (κ2) is 65.0. The Hall–Kier alpha value is -1.94. The molecule has 0 aliphatic rings. The highest BCUT2D eigenvalue weighted by Gasteiger charge is 2.30. The van der Waals surface area contributed by atoms with Gasteiger partial charge in [-0.25, -0.2) is 9.13 Å². The number of carbonyl (C=O) groups is 4. The van der Waals surface area contributed by atoms with Crippen molar-refractivity contribution in [1.82, 2.24) is 0 Å².